The van der Waals surface area contributed by atoms with Crippen molar-refractivity contribution in [3.05, 3.63) is 36.5 Å². The molecule has 23 heavy (non-hydrogen) atoms. The molecule has 2 amide bonds. The highest BCUT2D eigenvalue weighted by atomic mass is 16.2. The van der Waals surface area contributed by atoms with Crippen molar-refractivity contribution in [1.29, 1.82) is 0 Å². The number of rotatable bonds is 6. The Morgan fingerprint density at radius 1 is 1.09 bits per heavy atom. The average Bonchev–Trinajstić information content (AvgIpc) is 2.59. The zero-order valence-corrected chi connectivity index (χ0v) is 13.5. The molecule has 1 aromatic carbocycles. The summed E-state index contributed by atoms with van der Waals surface area (Å²) in [6.07, 6.45) is 1.65. The van der Waals surface area contributed by atoms with E-state index in [1.807, 2.05) is 24.3 Å². The largest absolute Gasteiger partial charge is 0.347 e. The van der Waals surface area contributed by atoms with Gasteiger partial charge in [0.15, 0.2) is 0 Å². The Morgan fingerprint density at radius 3 is 2.57 bits per heavy atom. The molecule has 0 spiro atoms. The summed E-state index contributed by atoms with van der Waals surface area (Å²) in [5.41, 5.74) is 1.20. The van der Waals surface area contributed by atoms with Crippen molar-refractivity contribution in [3.63, 3.8) is 0 Å². The lowest BCUT2D eigenvalue weighted by molar-refractivity contribution is -0.136. The van der Waals surface area contributed by atoms with Gasteiger partial charge in [0.1, 0.15) is 0 Å². The standard InChI is InChI=1S/C17H22N4O2/c1-3-21(4-2)12-11-19-16(22)17(23)20-14-9-5-7-13-8-6-10-18-15(13)14/h5-10H,3-4,11-12H2,1-2H3,(H,19,22)(H,20,23). The third-order valence-electron chi connectivity index (χ3n) is 3.70. The normalized spacial score (nSPS) is 10.7. The van der Waals surface area contributed by atoms with Crippen molar-refractivity contribution >= 4 is 28.4 Å². The zero-order chi connectivity index (χ0) is 16.7. The topological polar surface area (TPSA) is 74.3 Å². The van der Waals surface area contributed by atoms with Gasteiger partial charge in [0.05, 0.1) is 11.2 Å². The highest BCUT2D eigenvalue weighted by molar-refractivity contribution is 6.40. The molecule has 0 bridgehead atoms. The van der Waals surface area contributed by atoms with E-state index in [2.05, 4.69) is 34.4 Å². The lowest BCUT2D eigenvalue weighted by Gasteiger charge is -2.17. The third-order valence-corrected chi connectivity index (χ3v) is 3.70. The molecule has 0 saturated carbocycles. The fraction of sp³-hybridized carbons (Fsp3) is 0.353. The number of nitrogens with one attached hydrogen (secondary N) is 2. The lowest BCUT2D eigenvalue weighted by Crippen LogP contribution is -2.40. The number of fused-ring (bicyclic) bond motifs is 1. The van der Waals surface area contributed by atoms with E-state index in [1.54, 1.807) is 12.3 Å². The molecule has 0 atom stereocenters. The predicted octanol–water partition coefficient (Wildman–Crippen LogP) is 1.63. The molecule has 2 rings (SSSR count). The van der Waals surface area contributed by atoms with Crippen LogP contribution < -0.4 is 10.6 Å². The number of nitrogens with zero attached hydrogens (tertiary/aromatic N) is 2. The van der Waals surface area contributed by atoms with Crippen LogP contribution in [0.25, 0.3) is 10.9 Å². The monoisotopic (exact) mass is 314 g/mol. The Hall–Kier alpha value is -2.47. The molecule has 0 fully saturated rings. The van der Waals surface area contributed by atoms with Crippen LogP contribution in [0.1, 0.15) is 13.8 Å². The van der Waals surface area contributed by atoms with Crippen LogP contribution in [0.15, 0.2) is 36.5 Å². The van der Waals surface area contributed by atoms with Crippen molar-refractivity contribution in [2.75, 3.05) is 31.5 Å². The van der Waals surface area contributed by atoms with Gasteiger partial charge >= 0.3 is 11.8 Å². The number of aromatic nitrogens is 1. The number of anilines is 1. The quantitative estimate of drug-likeness (QED) is 0.795. The molecule has 2 N–H and O–H groups in total. The van der Waals surface area contributed by atoms with Gasteiger partial charge in [-0.3, -0.25) is 14.6 Å². The Bertz CT molecular complexity index is 678. The van der Waals surface area contributed by atoms with Crippen LogP contribution in [-0.2, 0) is 9.59 Å². The van der Waals surface area contributed by atoms with Crippen molar-refractivity contribution in [2.45, 2.75) is 13.8 Å². The van der Waals surface area contributed by atoms with Gasteiger partial charge in [-0.1, -0.05) is 32.0 Å². The van der Waals surface area contributed by atoms with E-state index in [1.165, 1.54) is 0 Å². The summed E-state index contributed by atoms with van der Waals surface area (Å²) >= 11 is 0. The molecule has 6 heteroatoms. The third kappa shape index (κ3) is 4.50. The number of para-hydroxylation sites is 1. The minimum absolute atomic E-state index is 0.446. The average molecular weight is 314 g/mol. The van der Waals surface area contributed by atoms with Crippen LogP contribution in [0, 0.1) is 0 Å². The number of hydrogen-bond acceptors (Lipinski definition) is 4. The Labute approximate surface area is 135 Å². The molecule has 1 aromatic heterocycles. The Balaban J connectivity index is 1.94. The number of benzene rings is 1. The van der Waals surface area contributed by atoms with Crippen LogP contribution in [0.2, 0.25) is 0 Å². The van der Waals surface area contributed by atoms with Gasteiger partial charge in [-0.2, -0.15) is 0 Å². The van der Waals surface area contributed by atoms with E-state index in [9.17, 15) is 9.59 Å². The van der Waals surface area contributed by atoms with Crippen LogP contribution in [-0.4, -0.2) is 47.9 Å². The zero-order valence-electron chi connectivity index (χ0n) is 13.5. The second-order valence-electron chi connectivity index (χ2n) is 5.12. The number of carbonyl (C=O) groups excluding carboxylic acids is 2. The molecular weight excluding hydrogens is 292 g/mol. The minimum atomic E-state index is -0.678. The summed E-state index contributed by atoms with van der Waals surface area (Å²) < 4.78 is 0. The molecule has 0 aliphatic heterocycles. The molecule has 0 aliphatic carbocycles. The fourth-order valence-corrected chi connectivity index (χ4v) is 2.33. The van der Waals surface area contributed by atoms with E-state index < -0.39 is 11.8 Å². The fourth-order valence-electron chi connectivity index (χ4n) is 2.33. The molecular formula is C17H22N4O2. The van der Waals surface area contributed by atoms with Gasteiger partial charge in [0, 0.05) is 24.7 Å². The first-order chi connectivity index (χ1) is 11.2. The number of pyridine rings is 1. The molecule has 0 saturated heterocycles. The van der Waals surface area contributed by atoms with Crippen LogP contribution >= 0.6 is 0 Å². The van der Waals surface area contributed by atoms with Gasteiger partial charge in [0.2, 0.25) is 0 Å². The molecule has 122 valence electrons. The minimum Gasteiger partial charge on any atom is -0.347 e. The Morgan fingerprint density at radius 2 is 1.83 bits per heavy atom. The van der Waals surface area contributed by atoms with Gasteiger partial charge in [-0.15, -0.1) is 0 Å². The maximum absolute atomic E-state index is 12.0. The summed E-state index contributed by atoms with van der Waals surface area (Å²) in [4.78, 5) is 30.3. The first kappa shape index (κ1) is 16.9. The van der Waals surface area contributed by atoms with Gasteiger partial charge < -0.3 is 15.5 Å². The summed E-state index contributed by atoms with van der Waals surface area (Å²) in [7, 11) is 0. The van der Waals surface area contributed by atoms with Gasteiger partial charge in [-0.25, -0.2) is 0 Å². The van der Waals surface area contributed by atoms with Crippen molar-refractivity contribution < 1.29 is 9.59 Å². The molecule has 2 aromatic rings. The van der Waals surface area contributed by atoms with Crippen LogP contribution in [0.4, 0.5) is 5.69 Å². The molecule has 0 radical (unpaired) electrons. The van der Waals surface area contributed by atoms with E-state index >= 15 is 0 Å². The SMILES string of the molecule is CCN(CC)CCNC(=O)C(=O)Nc1cccc2cccnc12. The maximum atomic E-state index is 12.0. The predicted molar refractivity (Wildman–Crippen MR) is 91.2 cm³/mol. The molecule has 0 aliphatic rings. The van der Waals surface area contributed by atoms with Crippen molar-refractivity contribution in [3.8, 4) is 0 Å². The number of likely N-dealkylation sites (N-methyl/N-ethyl adjacent to an activating group) is 1. The number of amides is 2. The summed E-state index contributed by atoms with van der Waals surface area (Å²) in [6, 6.07) is 9.19. The summed E-state index contributed by atoms with van der Waals surface area (Å²) in [6.45, 7) is 7.13. The molecule has 1 heterocycles. The van der Waals surface area contributed by atoms with E-state index in [-0.39, 0.29) is 0 Å². The Kier molecular flexibility index (Phi) is 6.05. The van der Waals surface area contributed by atoms with Crippen molar-refractivity contribution in [1.82, 2.24) is 15.2 Å². The van der Waals surface area contributed by atoms with E-state index in [0.29, 0.717) is 17.7 Å². The maximum Gasteiger partial charge on any atom is 0.313 e. The van der Waals surface area contributed by atoms with E-state index in [4.69, 9.17) is 0 Å². The second kappa shape index (κ2) is 8.24. The molecule has 0 unspecified atom stereocenters. The summed E-state index contributed by atoms with van der Waals surface area (Å²) in [5.74, 6) is -1.31. The highest BCUT2D eigenvalue weighted by Gasteiger charge is 2.15. The summed E-state index contributed by atoms with van der Waals surface area (Å²) in [5, 5.41) is 6.17. The lowest BCUT2D eigenvalue weighted by atomic mass is 10.2. The van der Waals surface area contributed by atoms with E-state index in [0.717, 1.165) is 25.0 Å². The molecule has 6 nitrogen and oxygen atoms in total. The van der Waals surface area contributed by atoms with Crippen molar-refractivity contribution in [2.24, 2.45) is 0 Å². The van der Waals surface area contributed by atoms with Crippen LogP contribution in [0.3, 0.4) is 0 Å². The number of carbonyl (C=O) groups is 2. The highest BCUT2D eigenvalue weighted by Crippen LogP contribution is 2.20. The number of hydrogen-bond donors (Lipinski definition) is 2. The van der Waals surface area contributed by atoms with Gasteiger partial charge in [-0.05, 0) is 25.2 Å². The van der Waals surface area contributed by atoms with Gasteiger partial charge in [0.25, 0.3) is 0 Å². The van der Waals surface area contributed by atoms with Crippen LogP contribution in [0.5, 0.6) is 0 Å². The first-order valence-corrected chi connectivity index (χ1v) is 7.81. The second-order valence-corrected chi connectivity index (χ2v) is 5.12. The first-order valence-electron chi connectivity index (χ1n) is 7.81. The smallest absolute Gasteiger partial charge is 0.313 e.